The number of sulfonamides is 1. The van der Waals surface area contributed by atoms with Gasteiger partial charge in [-0.3, -0.25) is 9.71 Å². The first kappa shape index (κ1) is 29.7. The van der Waals surface area contributed by atoms with E-state index >= 15 is 0 Å². The monoisotopic (exact) mass is 583 g/mol. The van der Waals surface area contributed by atoms with Gasteiger partial charge in [0.2, 0.25) is 0 Å². The van der Waals surface area contributed by atoms with E-state index in [1.54, 1.807) is 26.1 Å². The number of aromatic hydroxyl groups is 1. The highest BCUT2D eigenvalue weighted by Crippen LogP contribution is 2.44. The van der Waals surface area contributed by atoms with Crippen LogP contribution in [0.15, 0.2) is 119 Å². The van der Waals surface area contributed by atoms with E-state index in [4.69, 9.17) is 0 Å². The van der Waals surface area contributed by atoms with Crippen molar-refractivity contribution in [1.82, 2.24) is 9.88 Å². The van der Waals surface area contributed by atoms with Crippen molar-refractivity contribution >= 4 is 50.5 Å². The molecule has 0 amide bonds. The van der Waals surface area contributed by atoms with Crippen molar-refractivity contribution in [2.24, 2.45) is 0 Å². The molecule has 6 nitrogen and oxygen atoms in total. The number of para-hydroxylation sites is 1. The Morgan fingerprint density at radius 2 is 1.68 bits per heavy atom. The van der Waals surface area contributed by atoms with Crippen molar-refractivity contribution in [2.45, 2.75) is 30.2 Å². The largest absolute Gasteiger partial charge is 0.506 e. The van der Waals surface area contributed by atoms with Crippen LogP contribution in [0.25, 0.3) is 23.1 Å². The molecule has 8 heteroatoms. The van der Waals surface area contributed by atoms with Crippen LogP contribution in [0.1, 0.15) is 30.5 Å². The van der Waals surface area contributed by atoms with E-state index in [1.165, 1.54) is 23.9 Å². The Hall–Kier alpha value is -4.27. The van der Waals surface area contributed by atoms with Gasteiger partial charge in [0.1, 0.15) is 10.7 Å². The molecule has 0 spiro atoms. The zero-order chi connectivity index (χ0) is 29.7. The molecule has 0 fully saturated rings. The normalized spacial score (nSPS) is 12.0. The van der Waals surface area contributed by atoms with Gasteiger partial charge in [0.15, 0.2) is 0 Å². The minimum absolute atomic E-state index is 0.0229. The lowest BCUT2D eigenvalue weighted by molar-refractivity contribution is 0.410. The Morgan fingerprint density at radius 3 is 2.34 bits per heavy atom. The van der Waals surface area contributed by atoms with Gasteiger partial charge in [-0.2, -0.15) is 0 Å². The number of phenols is 1. The quantitative estimate of drug-likeness (QED) is 0.137. The van der Waals surface area contributed by atoms with Gasteiger partial charge in [0, 0.05) is 46.9 Å². The minimum Gasteiger partial charge on any atom is -0.506 e. The number of fused-ring (bicyclic) bond motifs is 1. The van der Waals surface area contributed by atoms with Crippen LogP contribution in [0.4, 0.5) is 5.69 Å². The number of allylic oxidation sites excluding steroid dienone is 2. The number of phenolic OH excluding ortho intramolecular Hbond substituents is 1. The summed E-state index contributed by atoms with van der Waals surface area (Å²) in [4.78, 5) is 7.73. The molecule has 2 N–H and O–H groups in total. The first-order valence-electron chi connectivity index (χ1n) is 12.9. The van der Waals surface area contributed by atoms with Crippen LogP contribution in [-0.2, 0) is 16.6 Å². The highest BCUT2D eigenvalue weighted by atomic mass is 32.2. The molecule has 0 atom stereocenters. The molecule has 0 aliphatic rings. The fourth-order valence-corrected chi connectivity index (χ4v) is 7.22. The molecule has 210 valence electrons. The fraction of sp³-hybridized carbons (Fsp3) is 0.121. The molecule has 41 heavy (non-hydrogen) atoms. The van der Waals surface area contributed by atoms with Crippen molar-refractivity contribution < 1.29 is 13.5 Å². The number of nitrogens with zero attached hydrogens (tertiary/aromatic N) is 2. The summed E-state index contributed by atoms with van der Waals surface area (Å²) < 4.78 is 30.6. The van der Waals surface area contributed by atoms with Crippen LogP contribution in [-0.4, -0.2) is 30.5 Å². The Kier molecular flexibility index (Phi) is 9.05. The predicted molar refractivity (Wildman–Crippen MR) is 172 cm³/mol. The van der Waals surface area contributed by atoms with E-state index in [2.05, 4.69) is 29.4 Å². The van der Waals surface area contributed by atoms with Gasteiger partial charge >= 0.3 is 0 Å². The van der Waals surface area contributed by atoms with Gasteiger partial charge in [-0.1, -0.05) is 92.2 Å². The Bertz CT molecular complexity index is 1770. The zero-order valence-corrected chi connectivity index (χ0v) is 25.0. The average Bonchev–Trinajstić information content (AvgIpc) is 2.94. The van der Waals surface area contributed by atoms with Gasteiger partial charge in [0.05, 0.1) is 16.1 Å². The number of pyridine rings is 1. The minimum atomic E-state index is -4.10. The summed E-state index contributed by atoms with van der Waals surface area (Å²) in [5.74, 6) is -0.0229. The van der Waals surface area contributed by atoms with E-state index < -0.39 is 10.0 Å². The molecule has 1 aromatic heterocycles. The van der Waals surface area contributed by atoms with Crippen LogP contribution in [0.3, 0.4) is 0 Å². The zero-order valence-electron chi connectivity index (χ0n) is 23.4. The van der Waals surface area contributed by atoms with Crippen molar-refractivity contribution in [3.63, 3.8) is 0 Å². The third-order valence-corrected chi connectivity index (χ3v) is 9.38. The molecule has 0 bridgehead atoms. The third-order valence-electron chi connectivity index (χ3n) is 6.63. The third kappa shape index (κ3) is 6.39. The molecule has 3 aromatic carbocycles. The second kappa shape index (κ2) is 12.5. The summed E-state index contributed by atoms with van der Waals surface area (Å²) in [5, 5.41) is 12.1. The maximum absolute atomic E-state index is 13.9. The molecule has 0 saturated heterocycles. The molecule has 0 aliphatic carbocycles. The number of nitrogens with one attached hydrogen (secondary N) is 1. The van der Waals surface area contributed by atoms with Crippen LogP contribution in [0, 0.1) is 0 Å². The number of benzene rings is 3. The number of anilines is 1. The van der Waals surface area contributed by atoms with Crippen molar-refractivity contribution in [3.05, 3.63) is 126 Å². The highest BCUT2D eigenvalue weighted by Gasteiger charge is 2.26. The first-order chi connectivity index (χ1) is 19.6. The van der Waals surface area contributed by atoms with E-state index in [0.717, 1.165) is 21.4 Å². The lowest BCUT2D eigenvalue weighted by atomic mass is 10.0. The van der Waals surface area contributed by atoms with Crippen molar-refractivity contribution in [3.8, 4) is 5.75 Å². The standard InChI is InChI=1S/C33H33N3O3S2/c1-7-26-27(8-2)32(37)30(40-29-18-12-16-25-17-13-19-34-31(25)29)20-28(26)35-41(38,39)33(22(3)4)23(5)36(6)21-24-14-10-9-11-15-24/h7-20,35,37H,1-3,21H2,4-6H3/b33-23+. The summed E-state index contributed by atoms with van der Waals surface area (Å²) in [7, 11) is -2.26. The predicted octanol–water partition coefficient (Wildman–Crippen LogP) is 8.06. The topological polar surface area (TPSA) is 82.5 Å². The molecule has 0 radical (unpaired) electrons. The lowest BCUT2D eigenvalue weighted by Crippen LogP contribution is -2.24. The summed E-state index contributed by atoms with van der Waals surface area (Å²) >= 11 is 1.29. The van der Waals surface area contributed by atoms with E-state index in [0.29, 0.717) is 33.8 Å². The van der Waals surface area contributed by atoms with E-state index in [9.17, 15) is 13.5 Å². The van der Waals surface area contributed by atoms with Gasteiger partial charge in [-0.05, 0) is 43.2 Å². The molecule has 1 heterocycles. The Labute approximate surface area is 246 Å². The Morgan fingerprint density at radius 1 is 1.00 bits per heavy atom. The first-order valence-corrected chi connectivity index (χ1v) is 15.2. The highest BCUT2D eigenvalue weighted by molar-refractivity contribution is 7.99. The van der Waals surface area contributed by atoms with Crippen LogP contribution >= 0.6 is 11.8 Å². The molecule has 0 unspecified atom stereocenters. The summed E-state index contributed by atoms with van der Waals surface area (Å²) in [5.41, 5.74) is 3.82. The smallest absolute Gasteiger partial charge is 0.263 e. The molecule has 0 aliphatic heterocycles. The molecule has 4 aromatic rings. The lowest BCUT2D eigenvalue weighted by Gasteiger charge is -2.25. The molecule has 4 rings (SSSR count). The summed E-state index contributed by atoms with van der Waals surface area (Å²) in [6.45, 7) is 15.7. The average molecular weight is 584 g/mol. The number of rotatable bonds is 11. The number of hydrogen-bond donors (Lipinski definition) is 2. The van der Waals surface area contributed by atoms with Crippen LogP contribution in [0.2, 0.25) is 0 Å². The van der Waals surface area contributed by atoms with Gasteiger partial charge in [0.25, 0.3) is 10.0 Å². The second-order valence-electron chi connectivity index (χ2n) is 9.58. The Balaban J connectivity index is 1.79. The maximum atomic E-state index is 13.9. The fourth-order valence-electron chi connectivity index (χ4n) is 4.63. The number of aromatic nitrogens is 1. The van der Waals surface area contributed by atoms with Crippen molar-refractivity contribution in [1.29, 1.82) is 0 Å². The summed E-state index contributed by atoms with van der Waals surface area (Å²) in [6.07, 6.45) is 4.70. The number of hydrogen-bond acceptors (Lipinski definition) is 6. The van der Waals surface area contributed by atoms with Gasteiger partial charge in [-0.25, -0.2) is 8.42 Å². The van der Waals surface area contributed by atoms with Crippen molar-refractivity contribution in [2.75, 3.05) is 11.8 Å². The van der Waals surface area contributed by atoms with Gasteiger partial charge in [-0.15, -0.1) is 0 Å². The van der Waals surface area contributed by atoms with E-state index in [1.807, 2.05) is 72.6 Å². The molecular formula is C33H33N3O3S2. The summed E-state index contributed by atoms with van der Waals surface area (Å²) in [6, 6.07) is 21.0. The maximum Gasteiger partial charge on any atom is 0.263 e. The second-order valence-corrected chi connectivity index (χ2v) is 12.3. The molecule has 0 saturated carbocycles. The molecular weight excluding hydrogens is 551 g/mol. The van der Waals surface area contributed by atoms with Crippen LogP contribution in [0.5, 0.6) is 5.75 Å². The van der Waals surface area contributed by atoms with E-state index in [-0.39, 0.29) is 16.3 Å². The SMILES string of the molecule is C=Cc1c(NS(=O)(=O)/C(C(=C)C)=C(\C)N(C)Cc2ccccc2)cc(Sc2cccc3cccnc23)c(O)c1C=C. The van der Waals surface area contributed by atoms with Gasteiger partial charge < -0.3 is 10.0 Å². The van der Waals surface area contributed by atoms with Crippen LogP contribution < -0.4 is 4.72 Å².